The molecule has 1 heterocycles. The van der Waals surface area contributed by atoms with Crippen molar-refractivity contribution in [1.29, 1.82) is 0 Å². The van der Waals surface area contributed by atoms with Gasteiger partial charge in [-0.3, -0.25) is 0 Å². The number of aryl methyl sites for hydroxylation is 2. The van der Waals surface area contributed by atoms with Crippen LogP contribution in [0.5, 0.6) is 0 Å². The van der Waals surface area contributed by atoms with Crippen LogP contribution in [0.25, 0.3) is 0 Å². The molecule has 0 amide bonds. The third-order valence-electron chi connectivity index (χ3n) is 1.73. The molecular weight excluding hydrogens is 172 g/mol. The Balaban J connectivity index is 2.89. The van der Waals surface area contributed by atoms with Crippen molar-refractivity contribution in [1.82, 2.24) is 9.97 Å². The zero-order valence-corrected chi connectivity index (χ0v) is 8.23. The summed E-state index contributed by atoms with van der Waals surface area (Å²) in [6.07, 6.45) is 3.85. The van der Waals surface area contributed by atoms with Gasteiger partial charge in [-0.2, -0.15) is 0 Å². The Labute approximate surface area is 78.0 Å². The molecule has 12 heavy (non-hydrogen) atoms. The number of halogens is 1. The molecular formula is C9H13ClN2. The van der Waals surface area contributed by atoms with Gasteiger partial charge in [0.1, 0.15) is 5.82 Å². The highest BCUT2D eigenvalue weighted by Crippen LogP contribution is 2.07. The minimum Gasteiger partial charge on any atom is -0.241 e. The van der Waals surface area contributed by atoms with Crippen molar-refractivity contribution >= 4 is 11.6 Å². The van der Waals surface area contributed by atoms with E-state index in [4.69, 9.17) is 11.6 Å². The molecule has 0 aromatic carbocycles. The average molecular weight is 185 g/mol. The summed E-state index contributed by atoms with van der Waals surface area (Å²) in [7, 11) is 0. The van der Waals surface area contributed by atoms with E-state index < -0.39 is 0 Å². The number of aromatic nitrogens is 2. The molecule has 0 spiro atoms. The van der Waals surface area contributed by atoms with E-state index in [1.54, 1.807) is 0 Å². The van der Waals surface area contributed by atoms with Gasteiger partial charge in [-0.1, -0.05) is 6.92 Å². The summed E-state index contributed by atoms with van der Waals surface area (Å²) >= 11 is 5.71. The summed E-state index contributed by atoms with van der Waals surface area (Å²) in [4.78, 5) is 8.54. The van der Waals surface area contributed by atoms with Crippen LogP contribution in [0.4, 0.5) is 0 Å². The molecule has 0 N–H and O–H groups in total. The Morgan fingerprint density at radius 3 is 2.83 bits per heavy atom. The first-order chi connectivity index (χ1) is 5.77. The van der Waals surface area contributed by atoms with Crippen molar-refractivity contribution in [3.8, 4) is 0 Å². The molecule has 3 heteroatoms. The molecule has 0 aliphatic heterocycles. The van der Waals surface area contributed by atoms with E-state index in [0.717, 1.165) is 29.9 Å². The van der Waals surface area contributed by atoms with E-state index in [1.165, 1.54) is 0 Å². The highest BCUT2D eigenvalue weighted by Gasteiger charge is 2.01. The summed E-state index contributed by atoms with van der Waals surface area (Å²) in [6, 6.07) is 0. The third kappa shape index (κ3) is 2.18. The number of alkyl halides is 1. The summed E-state index contributed by atoms with van der Waals surface area (Å²) < 4.78 is 0. The molecule has 0 saturated heterocycles. The van der Waals surface area contributed by atoms with E-state index >= 15 is 0 Å². The fourth-order valence-electron chi connectivity index (χ4n) is 0.998. The molecule has 0 aliphatic carbocycles. The zero-order chi connectivity index (χ0) is 8.97. The largest absolute Gasteiger partial charge is 0.241 e. The van der Waals surface area contributed by atoms with Crippen molar-refractivity contribution in [3.05, 3.63) is 23.3 Å². The predicted molar refractivity (Wildman–Crippen MR) is 50.3 cm³/mol. The number of nitrogens with zero attached hydrogens (tertiary/aromatic N) is 2. The second-order valence-electron chi connectivity index (χ2n) is 2.80. The minimum atomic E-state index is 0.477. The van der Waals surface area contributed by atoms with Crippen LogP contribution in [0.2, 0.25) is 0 Å². The first-order valence-electron chi connectivity index (χ1n) is 4.15. The zero-order valence-electron chi connectivity index (χ0n) is 7.47. The number of rotatable bonds is 3. The smallest absolute Gasteiger partial charge is 0.128 e. The Morgan fingerprint density at radius 1 is 1.50 bits per heavy atom. The van der Waals surface area contributed by atoms with Crippen molar-refractivity contribution < 1.29 is 0 Å². The quantitative estimate of drug-likeness (QED) is 0.675. The highest BCUT2D eigenvalue weighted by atomic mass is 35.5. The van der Waals surface area contributed by atoms with Crippen LogP contribution in [0.15, 0.2) is 6.20 Å². The molecule has 66 valence electrons. The maximum atomic E-state index is 5.71. The lowest BCUT2D eigenvalue weighted by Crippen LogP contribution is -1.99. The number of hydrogen-bond donors (Lipinski definition) is 0. The van der Waals surface area contributed by atoms with Gasteiger partial charge in [-0.15, -0.1) is 11.6 Å². The Morgan fingerprint density at radius 2 is 2.25 bits per heavy atom. The van der Waals surface area contributed by atoms with Gasteiger partial charge in [-0.25, -0.2) is 9.97 Å². The summed E-state index contributed by atoms with van der Waals surface area (Å²) in [5, 5.41) is 0. The highest BCUT2D eigenvalue weighted by molar-refractivity contribution is 6.16. The van der Waals surface area contributed by atoms with Crippen LogP contribution in [-0.2, 0) is 12.3 Å². The Kier molecular flexibility index (Phi) is 3.48. The first kappa shape index (κ1) is 9.46. The molecule has 0 atom stereocenters. The molecule has 1 aromatic rings. The van der Waals surface area contributed by atoms with Gasteiger partial charge in [0.25, 0.3) is 0 Å². The van der Waals surface area contributed by atoms with Gasteiger partial charge >= 0.3 is 0 Å². The molecule has 0 aliphatic rings. The fourth-order valence-corrected chi connectivity index (χ4v) is 1.27. The summed E-state index contributed by atoms with van der Waals surface area (Å²) in [6.45, 7) is 4.09. The average Bonchev–Trinajstić information content (AvgIpc) is 2.09. The van der Waals surface area contributed by atoms with Crippen molar-refractivity contribution in [2.24, 2.45) is 0 Å². The fraction of sp³-hybridized carbons (Fsp3) is 0.556. The van der Waals surface area contributed by atoms with Crippen LogP contribution in [0.1, 0.15) is 30.4 Å². The topological polar surface area (TPSA) is 25.8 Å². The van der Waals surface area contributed by atoms with Gasteiger partial charge in [0.05, 0.1) is 11.6 Å². The normalized spacial score (nSPS) is 10.2. The van der Waals surface area contributed by atoms with Crippen LogP contribution in [0.3, 0.4) is 0 Å². The Bertz CT molecular complexity index is 261. The summed E-state index contributed by atoms with van der Waals surface area (Å²) in [5.41, 5.74) is 2.03. The molecule has 1 aromatic heterocycles. The van der Waals surface area contributed by atoms with Crippen molar-refractivity contribution in [2.45, 2.75) is 32.6 Å². The SMILES string of the molecule is CCCc1ncc(C)c(CCl)n1. The third-order valence-corrected chi connectivity index (χ3v) is 1.98. The van der Waals surface area contributed by atoms with E-state index in [-0.39, 0.29) is 0 Å². The maximum Gasteiger partial charge on any atom is 0.128 e. The molecule has 0 bridgehead atoms. The second-order valence-corrected chi connectivity index (χ2v) is 3.07. The molecule has 0 fully saturated rings. The van der Waals surface area contributed by atoms with Crippen LogP contribution in [0, 0.1) is 6.92 Å². The lowest BCUT2D eigenvalue weighted by molar-refractivity contribution is 0.817. The van der Waals surface area contributed by atoms with Crippen LogP contribution >= 0.6 is 11.6 Å². The van der Waals surface area contributed by atoms with E-state index in [1.807, 2.05) is 13.1 Å². The number of hydrogen-bond acceptors (Lipinski definition) is 2. The monoisotopic (exact) mass is 184 g/mol. The van der Waals surface area contributed by atoms with E-state index in [2.05, 4.69) is 16.9 Å². The standard InChI is InChI=1S/C9H13ClN2/c1-3-4-9-11-6-7(2)8(5-10)12-9/h6H,3-5H2,1-2H3. The van der Waals surface area contributed by atoms with Gasteiger partial charge in [-0.05, 0) is 18.9 Å². The maximum absolute atomic E-state index is 5.71. The Hall–Kier alpha value is -0.630. The van der Waals surface area contributed by atoms with Gasteiger partial charge in [0.2, 0.25) is 0 Å². The van der Waals surface area contributed by atoms with E-state index in [0.29, 0.717) is 5.88 Å². The van der Waals surface area contributed by atoms with Gasteiger partial charge in [0, 0.05) is 12.6 Å². The van der Waals surface area contributed by atoms with Crippen molar-refractivity contribution in [3.63, 3.8) is 0 Å². The molecule has 2 nitrogen and oxygen atoms in total. The van der Waals surface area contributed by atoms with Crippen LogP contribution < -0.4 is 0 Å². The van der Waals surface area contributed by atoms with Crippen molar-refractivity contribution in [2.75, 3.05) is 0 Å². The predicted octanol–water partition coefficient (Wildman–Crippen LogP) is 2.48. The molecule has 0 saturated carbocycles. The second kappa shape index (κ2) is 4.41. The molecule has 0 radical (unpaired) electrons. The lowest BCUT2D eigenvalue weighted by Gasteiger charge is -2.02. The van der Waals surface area contributed by atoms with Gasteiger partial charge in [0.15, 0.2) is 0 Å². The van der Waals surface area contributed by atoms with E-state index in [9.17, 15) is 0 Å². The van der Waals surface area contributed by atoms with Crippen LogP contribution in [-0.4, -0.2) is 9.97 Å². The summed E-state index contributed by atoms with van der Waals surface area (Å²) in [5.74, 6) is 1.38. The first-order valence-corrected chi connectivity index (χ1v) is 4.68. The van der Waals surface area contributed by atoms with Gasteiger partial charge < -0.3 is 0 Å². The minimum absolute atomic E-state index is 0.477. The lowest BCUT2D eigenvalue weighted by atomic mass is 10.2. The molecule has 1 rings (SSSR count). The molecule has 0 unspecified atom stereocenters.